The maximum Gasteiger partial charge on any atom is 0.262 e. The molecule has 0 aromatic heterocycles. The standard InChI is InChI=1S/C24H29N3O4S/c1-17-8-2-5-14-22(17)32(30,31)26-20-12-6-9-18(16-20)24(29)27-15-7-13-21(27)23(28)25-19-10-3-4-11-19/h2,5-6,8-9,12,14,16,19,21,26H,3-4,7,10-11,13,15H2,1H3,(H,25,28). The predicted octanol–water partition coefficient (Wildman–Crippen LogP) is 3.46. The molecular weight excluding hydrogens is 426 g/mol. The van der Waals surface area contributed by atoms with Gasteiger partial charge in [0.15, 0.2) is 0 Å². The molecule has 7 nitrogen and oxygen atoms in total. The molecule has 2 aliphatic rings. The molecule has 2 N–H and O–H groups in total. The number of sulfonamides is 1. The first kappa shape index (κ1) is 22.3. The number of carbonyl (C=O) groups excluding carboxylic acids is 2. The minimum atomic E-state index is -3.78. The van der Waals surface area contributed by atoms with E-state index in [4.69, 9.17) is 0 Å². The fraction of sp³-hybridized carbons (Fsp3) is 0.417. The number of hydrogen-bond donors (Lipinski definition) is 2. The number of benzene rings is 2. The highest BCUT2D eigenvalue weighted by Gasteiger charge is 2.35. The van der Waals surface area contributed by atoms with Crippen LogP contribution < -0.4 is 10.0 Å². The Morgan fingerprint density at radius 1 is 0.969 bits per heavy atom. The Morgan fingerprint density at radius 2 is 1.72 bits per heavy atom. The molecule has 2 fully saturated rings. The molecule has 1 saturated carbocycles. The topological polar surface area (TPSA) is 95.6 Å². The van der Waals surface area contributed by atoms with Crippen molar-refractivity contribution in [3.05, 3.63) is 59.7 Å². The predicted molar refractivity (Wildman–Crippen MR) is 123 cm³/mol. The van der Waals surface area contributed by atoms with E-state index in [1.54, 1.807) is 54.3 Å². The molecule has 1 unspecified atom stereocenters. The molecule has 1 aliphatic carbocycles. The zero-order chi connectivity index (χ0) is 22.7. The Morgan fingerprint density at radius 3 is 2.47 bits per heavy atom. The second-order valence-corrected chi connectivity index (χ2v) is 10.2. The second-order valence-electron chi connectivity index (χ2n) is 8.60. The van der Waals surface area contributed by atoms with Gasteiger partial charge in [-0.15, -0.1) is 0 Å². The first-order valence-corrected chi connectivity index (χ1v) is 12.6. The molecular formula is C24H29N3O4S. The summed E-state index contributed by atoms with van der Waals surface area (Å²) in [6.07, 6.45) is 5.66. The van der Waals surface area contributed by atoms with Crippen LogP contribution in [0.25, 0.3) is 0 Å². The van der Waals surface area contributed by atoms with Crippen molar-refractivity contribution in [2.24, 2.45) is 0 Å². The molecule has 2 aromatic rings. The van der Waals surface area contributed by atoms with Gasteiger partial charge in [-0.1, -0.05) is 37.1 Å². The van der Waals surface area contributed by atoms with E-state index in [2.05, 4.69) is 10.0 Å². The number of amides is 2. The van der Waals surface area contributed by atoms with Crippen LogP contribution in [0.4, 0.5) is 5.69 Å². The van der Waals surface area contributed by atoms with Crippen molar-refractivity contribution in [3.8, 4) is 0 Å². The Labute approximate surface area is 189 Å². The summed E-state index contributed by atoms with van der Waals surface area (Å²) in [5.41, 5.74) is 1.31. The lowest BCUT2D eigenvalue weighted by molar-refractivity contribution is -0.125. The van der Waals surface area contributed by atoms with Crippen molar-refractivity contribution >= 4 is 27.5 Å². The fourth-order valence-corrected chi connectivity index (χ4v) is 5.90. The van der Waals surface area contributed by atoms with Gasteiger partial charge in [0.1, 0.15) is 6.04 Å². The van der Waals surface area contributed by atoms with Gasteiger partial charge in [-0.25, -0.2) is 8.42 Å². The number of carbonyl (C=O) groups is 2. The minimum absolute atomic E-state index is 0.0841. The second kappa shape index (κ2) is 9.32. The SMILES string of the molecule is Cc1ccccc1S(=O)(=O)Nc1cccc(C(=O)N2CCCC2C(=O)NC2CCCC2)c1. The molecule has 1 saturated heterocycles. The van der Waals surface area contributed by atoms with Gasteiger partial charge in [-0.2, -0.15) is 0 Å². The maximum absolute atomic E-state index is 13.2. The lowest BCUT2D eigenvalue weighted by Crippen LogP contribution is -2.48. The zero-order valence-electron chi connectivity index (χ0n) is 18.2. The van der Waals surface area contributed by atoms with Gasteiger partial charge in [0.25, 0.3) is 15.9 Å². The van der Waals surface area contributed by atoms with Crippen LogP contribution in [0.2, 0.25) is 0 Å². The minimum Gasteiger partial charge on any atom is -0.352 e. The number of hydrogen-bond acceptors (Lipinski definition) is 4. The first-order chi connectivity index (χ1) is 15.3. The van der Waals surface area contributed by atoms with Crippen LogP contribution in [0.1, 0.15) is 54.4 Å². The average molecular weight is 456 g/mol. The van der Waals surface area contributed by atoms with Crippen LogP contribution in [-0.4, -0.2) is 43.8 Å². The molecule has 0 bridgehead atoms. The monoisotopic (exact) mass is 455 g/mol. The summed E-state index contributed by atoms with van der Waals surface area (Å²) in [4.78, 5) is 27.8. The number of rotatable bonds is 6. The summed E-state index contributed by atoms with van der Waals surface area (Å²) in [6, 6.07) is 12.9. The largest absolute Gasteiger partial charge is 0.352 e. The summed E-state index contributed by atoms with van der Waals surface area (Å²) in [6.45, 7) is 2.25. The molecule has 1 atom stereocenters. The summed E-state index contributed by atoms with van der Waals surface area (Å²) in [5, 5.41) is 3.10. The van der Waals surface area contributed by atoms with E-state index in [9.17, 15) is 18.0 Å². The zero-order valence-corrected chi connectivity index (χ0v) is 19.0. The molecule has 4 rings (SSSR count). The maximum atomic E-state index is 13.2. The third kappa shape index (κ3) is 4.80. The summed E-state index contributed by atoms with van der Waals surface area (Å²) in [5.74, 6) is -0.342. The summed E-state index contributed by atoms with van der Waals surface area (Å²) in [7, 11) is -3.78. The van der Waals surface area contributed by atoms with E-state index in [1.165, 1.54) is 6.07 Å². The quantitative estimate of drug-likeness (QED) is 0.697. The van der Waals surface area contributed by atoms with Gasteiger partial charge >= 0.3 is 0 Å². The normalized spacial score (nSPS) is 19.2. The van der Waals surface area contributed by atoms with Gasteiger partial charge in [0.05, 0.1) is 4.90 Å². The molecule has 0 spiro atoms. The molecule has 32 heavy (non-hydrogen) atoms. The molecule has 1 aliphatic heterocycles. The Kier molecular flexibility index (Phi) is 6.50. The van der Waals surface area contributed by atoms with E-state index in [-0.39, 0.29) is 22.8 Å². The molecule has 170 valence electrons. The van der Waals surface area contributed by atoms with Crippen LogP contribution in [0, 0.1) is 6.92 Å². The van der Waals surface area contributed by atoms with Crippen molar-refractivity contribution in [2.75, 3.05) is 11.3 Å². The van der Waals surface area contributed by atoms with E-state index in [0.717, 1.165) is 32.1 Å². The number of nitrogens with one attached hydrogen (secondary N) is 2. The molecule has 0 radical (unpaired) electrons. The molecule has 2 amide bonds. The van der Waals surface area contributed by atoms with Crippen molar-refractivity contribution < 1.29 is 18.0 Å². The fourth-order valence-electron chi connectivity index (χ4n) is 4.60. The number of anilines is 1. The van der Waals surface area contributed by atoms with Gasteiger partial charge in [-0.05, 0) is 62.4 Å². The number of nitrogens with zero attached hydrogens (tertiary/aromatic N) is 1. The first-order valence-electron chi connectivity index (χ1n) is 11.1. The van der Waals surface area contributed by atoms with E-state index in [0.29, 0.717) is 29.8 Å². The number of aryl methyl sites for hydroxylation is 1. The highest BCUT2D eigenvalue weighted by atomic mass is 32.2. The number of likely N-dealkylation sites (tertiary alicyclic amines) is 1. The van der Waals surface area contributed by atoms with Crippen molar-refractivity contribution in [3.63, 3.8) is 0 Å². The van der Waals surface area contributed by atoms with Gasteiger partial charge < -0.3 is 10.2 Å². The van der Waals surface area contributed by atoms with Crippen molar-refractivity contribution in [2.45, 2.75) is 62.4 Å². The van der Waals surface area contributed by atoms with Gasteiger partial charge in [0, 0.05) is 23.8 Å². The Hall–Kier alpha value is -2.87. The van der Waals surface area contributed by atoms with Crippen LogP contribution in [0.3, 0.4) is 0 Å². The third-order valence-electron chi connectivity index (χ3n) is 6.26. The Bertz CT molecular complexity index is 1110. The third-order valence-corrected chi connectivity index (χ3v) is 7.80. The van der Waals surface area contributed by atoms with Crippen molar-refractivity contribution in [1.29, 1.82) is 0 Å². The van der Waals surface area contributed by atoms with Crippen molar-refractivity contribution in [1.82, 2.24) is 10.2 Å². The lowest BCUT2D eigenvalue weighted by Gasteiger charge is -2.25. The molecule has 8 heteroatoms. The lowest BCUT2D eigenvalue weighted by atomic mass is 10.1. The average Bonchev–Trinajstić information content (AvgIpc) is 3.45. The van der Waals surface area contributed by atoms with E-state index < -0.39 is 16.1 Å². The van der Waals surface area contributed by atoms with Gasteiger partial charge in [0.2, 0.25) is 5.91 Å². The molecule has 2 aromatic carbocycles. The summed E-state index contributed by atoms with van der Waals surface area (Å²) < 4.78 is 28.2. The molecule has 1 heterocycles. The van der Waals surface area contributed by atoms with Crippen LogP contribution in [0.15, 0.2) is 53.4 Å². The van der Waals surface area contributed by atoms with E-state index >= 15 is 0 Å². The highest BCUT2D eigenvalue weighted by molar-refractivity contribution is 7.92. The summed E-state index contributed by atoms with van der Waals surface area (Å²) >= 11 is 0. The Balaban J connectivity index is 1.49. The van der Waals surface area contributed by atoms with Gasteiger partial charge in [-0.3, -0.25) is 14.3 Å². The smallest absolute Gasteiger partial charge is 0.262 e. The van der Waals surface area contributed by atoms with Crippen LogP contribution in [0.5, 0.6) is 0 Å². The van der Waals surface area contributed by atoms with Crippen LogP contribution in [-0.2, 0) is 14.8 Å². The highest BCUT2D eigenvalue weighted by Crippen LogP contribution is 2.25. The van der Waals surface area contributed by atoms with E-state index in [1.807, 2.05) is 0 Å². The van der Waals surface area contributed by atoms with Crippen LogP contribution >= 0.6 is 0 Å².